The molecule has 1 aliphatic rings. The Morgan fingerprint density at radius 1 is 1.09 bits per heavy atom. The predicted octanol–water partition coefficient (Wildman–Crippen LogP) is 8.08. The van der Waals surface area contributed by atoms with Crippen molar-refractivity contribution in [2.45, 2.75) is 84.9 Å². The Morgan fingerprint density at radius 3 is 2.35 bits per heavy atom. The molecule has 0 saturated heterocycles. The molecule has 12 heteroatoms. The van der Waals surface area contributed by atoms with Gasteiger partial charge in [-0.1, -0.05) is 20.3 Å². The van der Waals surface area contributed by atoms with Crippen LogP contribution in [-0.2, 0) is 25.2 Å². The molecule has 250 valence electrons. The van der Waals surface area contributed by atoms with E-state index in [1.165, 1.54) is 13.2 Å². The maximum Gasteiger partial charge on any atom is 0.416 e. The summed E-state index contributed by atoms with van der Waals surface area (Å²) in [4.78, 5) is 35.5. The summed E-state index contributed by atoms with van der Waals surface area (Å²) in [5, 5.41) is 7.72. The first kappa shape index (κ1) is 36.1. The first-order valence-corrected chi connectivity index (χ1v) is 15.4. The number of methoxy groups -OCH3 is 1. The summed E-state index contributed by atoms with van der Waals surface area (Å²) in [6.07, 6.45) is 3.22. The third-order valence-corrected chi connectivity index (χ3v) is 7.80. The second kappa shape index (κ2) is 15.8. The molecule has 4 rings (SSSR count). The van der Waals surface area contributed by atoms with Gasteiger partial charge in [0.05, 0.1) is 23.7 Å². The number of carbonyl (C=O) groups excluding carboxylic acids is 1. The van der Waals surface area contributed by atoms with Gasteiger partial charge in [-0.15, -0.1) is 0 Å². The number of fused-ring (bicyclic) bond motifs is 1. The van der Waals surface area contributed by atoms with Crippen molar-refractivity contribution < 1.29 is 37.3 Å². The number of anilines is 1. The third-order valence-electron chi connectivity index (χ3n) is 7.80. The van der Waals surface area contributed by atoms with E-state index in [2.05, 4.69) is 40.6 Å². The summed E-state index contributed by atoms with van der Waals surface area (Å²) in [7, 11) is 1.39. The Kier molecular flexibility index (Phi) is 12.4. The van der Waals surface area contributed by atoms with Crippen LogP contribution in [0.4, 0.5) is 19.0 Å². The number of H-pyrrole nitrogens is 1. The smallest absolute Gasteiger partial charge is 0.416 e. The van der Waals surface area contributed by atoms with Gasteiger partial charge in [0, 0.05) is 49.7 Å². The Hall–Kier alpha value is -4.35. The van der Waals surface area contributed by atoms with Gasteiger partial charge in [0.15, 0.2) is 0 Å². The number of ether oxygens (including phenoxy) is 2. The van der Waals surface area contributed by atoms with E-state index in [0.717, 1.165) is 61.6 Å². The van der Waals surface area contributed by atoms with E-state index in [9.17, 15) is 22.8 Å². The quantitative estimate of drug-likeness (QED) is 0.190. The van der Waals surface area contributed by atoms with E-state index < -0.39 is 23.3 Å². The molecule has 0 fully saturated rings. The average molecular weight is 645 g/mol. The highest BCUT2D eigenvalue weighted by Gasteiger charge is 2.31. The second-order valence-corrected chi connectivity index (χ2v) is 11.4. The lowest BCUT2D eigenvalue weighted by atomic mass is 9.93. The number of esters is 1. The van der Waals surface area contributed by atoms with Crippen molar-refractivity contribution in [3.63, 3.8) is 0 Å². The van der Waals surface area contributed by atoms with Gasteiger partial charge in [0.25, 0.3) is 0 Å². The number of halogens is 3. The molecular formula is C34H43F3N4O5. The minimum atomic E-state index is -4.41. The summed E-state index contributed by atoms with van der Waals surface area (Å²) >= 11 is 0. The van der Waals surface area contributed by atoms with Gasteiger partial charge in [0.2, 0.25) is 0 Å². The van der Waals surface area contributed by atoms with Crippen LogP contribution in [0.3, 0.4) is 0 Å². The number of hydrogen-bond acceptors (Lipinski definition) is 7. The number of aromatic nitrogens is 3. The molecule has 0 saturated carbocycles. The van der Waals surface area contributed by atoms with Crippen LogP contribution in [-0.4, -0.2) is 57.8 Å². The first-order valence-electron chi connectivity index (χ1n) is 15.4. The maximum atomic E-state index is 13.1. The van der Waals surface area contributed by atoms with Crippen molar-refractivity contribution in [3.8, 4) is 11.4 Å². The molecule has 9 nitrogen and oxygen atoms in total. The second-order valence-electron chi connectivity index (χ2n) is 11.4. The number of hydrogen-bond donors (Lipinski definition) is 2. The van der Waals surface area contributed by atoms with Crippen LogP contribution >= 0.6 is 0 Å². The van der Waals surface area contributed by atoms with Crippen molar-refractivity contribution in [3.05, 3.63) is 65.1 Å². The topological polar surface area (TPSA) is 118 Å². The van der Waals surface area contributed by atoms with Crippen LogP contribution in [0.2, 0.25) is 0 Å². The molecule has 0 bridgehead atoms. The highest BCUT2D eigenvalue weighted by atomic mass is 19.4. The first-order chi connectivity index (χ1) is 21.7. The zero-order valence-corrected chi connectivity index (χ0v) is 27.3. The number of aliphatic carboxylic acids is 1. The van der Waals surface area contributed by atoms with Gasteiger partial charge in [-0.25, -0.2) is 14.8 Å². The Balaban J connectivity index is 0.00000107. The number of rotatable bonds is 12. The Morgan fingerprint density at radius 2 is 1.80 bits per heavy atom. The van der Waals surface area contributed by atoms with Crippen LogP contribution in [0, 0.1) is 0 Å². The lowest BCUT2D eigenvalue weighted by Gasteiger charge is -2.35. The molecule has 0 aliphatic heterocycles. The predicted molar refractivity (Wildman–Crippen MR) is 171 cm³/mol. The molecule has 0 spiro atoms. The molecule has 2 aromatic heterocycles. The fourth-order valence-electron chi connectivity index (χ4n) is 5.18. The number of carboxylic acid groups (broad SMARTS) is 1. The number of alkyl halides is 3. The number of nitrogens with zero attached hydrogens (tertiary/aromatic N) is 3. The van der Waals surface area contributed by atoms with E-state index in [1.54, 1.807) is 13.1 Å². The van der Waals surface area contributed by atoms with Gasteiger partial charge in [-0.2, -0.15) is 13.2 Å². The number of benzene rings is 1. The minimum absolute atomic E-state index is 0.222. The third kappa shape index (κ3) is 9.58. The zero-order chi connectivity index (χ0) is 34.1. The van der Waals surface area contributed by atoms with Crippen molar-refractivity contribution in [2.24, 2.45) is 0 Å². The normalized spacial score (nSPS) is 14.6. The molecule has 0 radical (unpaired) electrons. The van der Waals surface area contributed by atoms with Crippen LogP contribution in [0.5, 0.6) is 0 Å². The Labute approximate surface area is 267 Å². The summed E-state index contributed by atoms with van der Waals surface area (Å²) in [6, 6.07) is 7.24. The van der Waals surface area contributed by atoms with Crippen LogP contribution in [0.15, 0.2) is 59.5 Å². The zero-order valence-electron chi connectivity index (χ0n) is 27.3. The number of allylic oxidation sites excluding steroid dienone is 3. The van der Waals surface area contributed by atoms with E-state index >= 15 is 0 Å². The van der Waals surface area contributed by atoms with Crippen molar-refractivity contribution in [2.75, 3.05) is 25.1 Å². The van der Waals surface area contributed by atoms with E-state index in [-0.39, 0.29) is 12.4 Å². The molecule has 1 aliphatic carbocycles. The van der Waals surface area contributed by atoms with E-state index in [1.807, 2.05) is 25.1 Å². The van der Waals surface area contributed by atoms with Gasteiger partial charge in [0.1, 0.15) is 23.0 Å². The van der Waals surface area contributed by atoms with Gasteiger partial charge < -0.3 is 24.5 Å². The van der Waals surface area contributed by atoms with Crippen molar-refractivity contribution in [1.82, 2.24) is 15.0 Å². The molecule has 46 heavy (non-hydrogen) atoms. The van der Waals surface area contributed by atoms with Crippen molar-refractivity contribution >= 4 is 28.8 Å². The molecule has 1 aromatic carbocycles. The SMILES string of the molecule is CCC(=O)O.CCCC(C)(CCN(CC)c1ccc(-c2nc3ccc(C(F)(F)F)cc3[nH]2)cn1)OC1=C(C)C=C(C(=O)OC)CC1. The van der Waals surface area contributed by atoms with Gasteiger partial charge >= 0.3 is 18.1 Å². The maximum absolute atomic E-state index is 13.1. The fraction of sp³-hybridized carbons (Fsp3) is 0.471. The van der Waals surface area contributed by atoms with E-state index in [4.69, 9.17) is 14.6 Å². The van der Waals surface area contributed by atoms with Crippen LogP contribution in [0.25, 0.3) is 22.4 Å². The molecule has 2 heterocycles. The number of carboxylic acids is 1. The van der Waals surface area contributed by atoms with Gasteiger partial charge in [-0.3, -0.25) is 4.79 Å². The standard InChI is InChI=1S/C31H37F3N4O3.C3H6O2/c1-6-14-30(4,41-26-12-8-21(17-20(26)3)29(39)40-5)15-16-38(7-2)27-13-9-22(19-35-27)28-36-24-11-10-23(31(32,33)34)18-25(24)37-28;1-2-3(4)5/h9-11,13,17-19H,6-8,12,14-16H2,1-5H3,(H,36,37);2H2,1H3,(H,4,5). The lowest BCUT2D eigenvalue weighted by Crippen LogP contribution is -2.36. The average Bonchev–Trinajstić information content (AvgIpc) is 3.46. The van der Waals surface area contributed by atoms with Crippen LogP contribution < -0.4 is 4.90 Å². The number of imidazole rings is 1. The number of carbonyl (C=O) groups is 2. The summed E-state index contributed by atoms with van der Waals surface area (Å²) < 4.78 is 50.7. The van der Waals surface area contributed by atoms with Crippen molar-refractivity contribution in [1.29, 1.82) is 0 Å². The largest absolute Gasteiger partial charge is 0.492 e. The highest BCUT2D eigenvalue weighted by Crippen LogP contribution is 2.34. The molecule has 1 atom stereocenters. The fourth-order valence-corrected chi connectivity index (χ4v) is 5.18. The molecule has 3 aromatic rings. The lowest BCUT2D eigenvalue weighted by molar-refractivity contribution is -0.138. The van der Waals surface area contributed by atoms with E-state index in [0.29, 0.717) is 40.8 Å². The number of nitrogens with one attached hydrogen (secondary N) is 1. The van der Waals surface area contributed by atoms with Crippen LogP contribution in [0.1, 0.15) is 78.7 Å². The number of aromatic amines is 1. The molecule has 2 N–H and O–H groups in total. The molecule has 1 unspecified atom stereocenters. The number of pyridine rings is 1. The molecule has 0 amide bonds. The Bertz CT molecular complexity index is 1560. The minimum Gasteiger partial charge on any atom is -0.492 e. The summed E-state index contributed by atoms with van der Waals surface area (Å²) in [6.45, 7) is 11.4. The summed E-state index contributed by atoms with van der Waals surface area (Å²) in [5.41, 5.74) is 1.97. The van der Waals surface area contributed by atoms with Gasteiger partial charge in [-0.05, 0) is 75.6 Å². The monoisotopic (exact) mass is 644 g/mol. The summed E-state index contributed by atoms with van der Waals surface area (Å²) in [5.74, 6) is 1.13. The molecular weight excluding hydrogens is 601 g/mol. The highest BCUT2D eigenvalue weighted by molar-refractivity contribution is 5.89.